The van der Waals surface area contributed by atoms with Crippen molar-refractivity contribution in [1.29, 1.82) is 5.26 Å². The van der Waals surface area contributed by atoms with Crippen LogP contribution in [0, 0.1) is 23.2 Å². The summed E-state index contributed by atoms with van der Waals surface area (Å²) in [7, 11) is -3.51. The average molecular weight is 500 g/mol. The minimum Gasteiger partial charge on any atom is -0.493 e. The Morgan fingerprint density at radius 2 is 1.85 bits per heavy atom. The largest absolute Gasteiger partial charge is 0.493 e. The third kappa shape index (κ3) is 5.11. The molecule has 1 aliphatic carbocycles. The number of hydrogen-bond donors (Lipinski definition) is 1. The first-order valence-corrected chi connectivity index (χ1v) is 13.9. The fourth-order valence-corrected chi connectivity index (χ4v) is 7.17. The summed E-state index contributed by atoms with van der Waals surface area (Å²) in [4.78, 5) is 2.81. The smallest absolute Gasteiger partial charge is 0.240 e. The predicted molar refractivity (Wildman–Crippen MR) is 131 cm³/mol. The van der Waals surface area contributed by atoms with Crippen LogP contribution in [0.3, 0.4) is 0 Å². The maximum atomic E-state index is 12.7. The van der Waals surface area contributed by atoms with Crippen LogP contribution in [-0.4, -0.2) is 45.6 Å². The zero-order chi connectivity index (χ0) is 23.7. The Labute approximate surface area is 206 Å². The summed E-state index contributed by atoms with van der Waals surface area (Å²) in [5.74, 6) is 2.49. The number of fused-ring (bicyclic) bond motifs is 3. The van der Waals surface area contributed by atoms with Gasteiger partial charge in [0.15, 0.2) is 0 Å². The number of hydrogen-bond acceptors (Lipinski definition) is 5. The molecule has 1 saturated heterocycles. The zero-order valence-electron chi connectivity index (χ0n) is 19.1. The molecule has 1 N–H and O–H groups in total. The summed E-state index contributed by atoms with van der Waals surface area (Å²) in [5, 5.41) is 9.79. The highest BCUT2D eigenvalue weighted by molar-refractivity contribution is 7.89. The zero-order valence-corrected chi connectivity index (χ0v) is 20.7. The van der Waals surface area contributed by atoms with Crippen LogP contribution < -0.4 is 9.46 Å². The summed E-state index contributed by atoms with van der Waals surface area (Å²) in [5.41, 5.74) is 1.89. The standard InChI is InChI=1S/C26H30ClN3O3S/c27-21-4-8-23(9-5-21)34(31,32)29-22-6-1-18(2-7-22)11-12-30-15-20-17-33-26-10-3-19(14-28)13-24(26)25(20)16-30/h3-5,8-10,13,18,20,22,25,29H,1-2,6-7,11-12,15-17H2/t18-,20-,22-,25+/m0/s1. The molecule has 5 rings (SSSR count). The molecule has 34 heavy (non-hydrogen) atoms. The molecule has 2 aromatic rings. The molecule has 2 fully saturated rings. The Kier molecular flexibility index (Phi) is 6.85. The molecule has 2 heterocycles. The Morgan fingerprint density at radius 1 is 1.09 bits per heavy atom. The summed E-state index contributed by atoms with van der Waals surface area (Å²) < 4.78 is 34.2. The molecular weight excluding hydrogens is 470 g/mol. The fourth-order valence-electron chi connectivity index (χ4n) is 5.74. The molecule has 2 aromatic carbocycles. The number of ether oxygens (including phenoxy) is 1. The van der Waals surface area contributed by atoms with Gasteiger partial charge in [0.05, 0.1) is 23.1 Å². The van der Waals surface area contributed by atoms with E-state index in [0.717, 1.165) is 64.1 Å². The van der Waals surface area contributed by atoms with Crippen molar-refractivity contribution in [3.05, 3.63) is 58.6 Å². The van der Waals surface area contributed by atoms with Gasteiger partial charge in [-0.25, -0.2) is 13.1 Å². The Bertz CT molecular complexity index is 1170. The van der Waals surface area contributed by atoms with Crippen LogP contribution in [0.1, 0.15) is 49.1 Å². The highest BCUT2D eigenvalue weighted by Crippen LogP contribution is 2.42. The lowest BCUT2D eigenvalue weighted by atomic mass is 9.84. The molecule has 0 spiro atoms. The molecule has 1 saturated carbocycles. The molecule has 6 nitrogen and oxygen atoms in total. The van der Waals surface area contributed by atoms with Gasteiger partial charge in [-0.2, -0.15) is 5.26 Å². The first-order valence-electron chi connectivity index (χ1n) is 12.1. The second-order valence-corrected chi connectivity index (χ2v) is 12.0. The van der Waals surface area contributed by atoms with Crippen molar-refractivity contribution in [2.24, 2.45) is 11.8 Å². The van der Waals surface area contributed by atoms with Crippen molar-refractivity contribution >= 4 is 21.6 Å². The van der Waals surface area contributed by atoms with Gasteiger partial charge in [0.2, 0.25) is 10.0 Å². The van der Waals surface area contributed by atoms with E-state index in [-0.39, 0.29) is 10.9 Å². The van der Waals surface area contributed by atoms with E-state index in [9.17, 15) is 13.7 Å². The van der Waals surface area contributed by atoms with Crippen LogP contribution in [0.2, 0.25) is 5.02 Å². The number of benzene rings is 2. The van der Waals surface area contributed by atoms with Crippen molar-refractivity contribution < 1.29 is 13.2 Å². The first kappa shape index (κ1) is 23.6. The van der Waals surface area contributed by atoms with Gasteiger partial charge in [-0.1, -0.05) is 11.6 Å². The van der Waals surface area contributed by atoms with Crippen LogP contribution in [0.15, 0.2) is 47.4 Å². The minimum atomic E-state index is -3.51. The van der Waals surface area contributed by atoms with Gasteiger partial charge in [-0.15, -0.1) is 0 Å². The van der Waals surface area contributed by atoms with Gasteiger partial charge < -0.3 is 9.64 Å². The maximum absolute atomic E-state index is 12.7. The van der Waals surface area contributed by atoms with Crippen LogP contribution >= 0.6 is 11.6 Å². The van der Waals surface area contributed by atoms with E-state index in [1.165, 1.54) is 5.56 Å². The maximum Gasteiger partial charge on any atom is 0.240 e. The second-order valence-electron chi connectivity index (χ2n) is 9.88. The van der Waals surface area contributed by atoms with E-state index < -0.39 is 10.0 Å². The molecule has 0 unspecified atom stereocenters. The highest BCUT2D eigenvalue weighted by Gasteiger charge is 2.39. The SMILES string of the molecule is N#Cc1ccc2c(c1)[C@@H]1CN(CC[C@H]3CC[C@H](NS(=O)(=O)c4ccc(Cl)cc4)CC3)C[C@H]1CO2. The molecular formula is C26H30ClN3O3S. The molecule has 0 radical (unpaired) electrons. The molecule has 3 aliphatic rings. The topological polar surface area (TPSA) is 82.4 Å². The number of likely N-dealkylation sites (tertiary alicyclic amines) is 1. The summed E-state index contributed by atoms with van der Waals surface area (Å²) >= 11 is 5.88. The van der Waals surface area contributed by atoms with Crippen molar-refractivity contribution in [3.8, 4) is 11.8 Å². The van der Waals surface area contributed by atoms with E-state index in [1.807, 2.05) is 18.2 Å². The summed E-state index contributed by atoms with van der Waals surface area (Å²) in [6.07, 6.45) is 4.99. The number of rotatable bonds is 6. The van der Waals surface area contributed by atoms with Gasteiger partial charge in [0, 0.05) is 41.6 Å². The second kappa shape index (κ2) is 9.87. The first-order chi connectivity index (χ1) is 16.4. The van der Waals surface area contributed by atoms with Gasteiger partial charge in [-0.05, 0) is 87.0 Å². The molecule has 0 aromatic heterocycles. The monoisotopic (exact) mass is 499 g/mol. The van der Waals surface area contributed by atoms with E-state index in [4.69, 9.17) is 16.3 Å². The van der Waals surface area contributed by atoms with Gasteiger partial charge in [-0.3, -0.25) is 0 Å². The van der Waals surface area contributed by atoms with E-state index >= 15 is 0 Å². The van der Waals surface area contributed by atoms with E-state index in [2.05, 4.69) is 15.7 Å². The van der Waals surface area contributed by atoms with Gasteiger partial charge >= 0.3 is 0 Å². The number of nitrogens with zero attached hydrogens (tertiary/aromatic N) is 2. The summed E-state index contributed by atoms with van der Waals surface area (Å²) in [6, 6.07) is 14.3. The number of sulfonamides is 1. The normalized spacial score (nSPS) is 26.8. The van der Waals surface area contributed by atoms with Crippen LogP contribution in [0.5, 0.6) is 5.75 Å². The molecule has 2 atom stereocenters. The van der Waals surface area contributed by atoms with Gasteiger partial charge in [0.25, 0.3) is 0 Å². The van der Waals surface area contributed by atoms with Gasteiger partial charge in [0.1, 0.15) is 5.75 Å². The molecule has 180 valence electrons. The van der Waals surface area contributed by atoms with Crippen molar-refractivity contribution in [1.82, 2.24) is 9.62 Å². The third-order valence-corrected chi connectivity index (χ3v) is 9.44. The molecule has 2 aliphatic heterocycles. The highest BCUT2D eigenvalue weighted by atomic mass is 35.5. The molecule has 0 amide bonds. The number of nitrogens with one attached hydrogen (secondary N) is 1. The van der Waals surface area contributed by atoms with E-state index in [1.54, 1.807) is 24.3 Å². The van der Waals surface area contributed by atoms with Crippen LogP contribution in [0.25, 0.3) is 0 Å². The van der Waals surface area contributed by atoms with Crippen molar-refractivity contribution in [2.45, 2.75) is 49.0 Å². The average Bonchev–Trinajstić information content (AvgIpc) is 3.27. The van der Waals surface area contributed by atoms with Crippen molar-refractivity contribution in [3.63, 3.8) is 0 Å². The quantitative estimate of drug-likeness (QED) is 0.630. The Balaban J connectivity index is 1.10. The lowest BCUT2D eigenvalue weighted by molar-refractivity contribution is 0.208. The number of nitriles is 1. The predicted octanol–water partition coefficient (Wildman–Crippen LogP) is 4.55. The Morgan fingerprint density at radius 3 is 2.59 bits per heavy atom. The fraction of sp³-hybridized carbons (Fsp3) is 0.500. The lowest BCUT2D eigenvalue weighted by Gasteiger charge is -2.30. The van der Waals surface area contributed by atoms with E-state index in [0.29, 0.717) is 28.3 Å². The van der Waals surface area contributed by atoms with Crippen LogP contribution in [-0.2, 0) is 10.0 Å². The van der Waals surface area contributed by atoms with Crippen molar-refractivity contribution in [2.75, 3.05) is 26.2 Å². The van der Waals surface area contributed by atoms with Crippen LogP contribution in [0.4, 0.5) is 0 Å². The third-order valence-electron chi connectivity index (χ3n) is 7.65. The Hall–Kier alpha value is -2.11. The molecule has 8 heteroatoms. The summed E-state index contributed by atoms with van der Waals surface area (Å²) in [6.45, 7) is 3.87. The molecule has 0 bridgehead atoms. The lowest BCUT2D eigenvalue weighted by Crippen LogP contribution is -2.38. The number of halogens is 1. The minimum absolute atomic E-state index is 0.00503.